The van der Waals surface area contributed by atoms with E-state index in [2.05, 4.69) is 10.5 Å². The molecule has 0 atom stereocenters. The molecule has 0 unspecified atom stereocenters. The quantitative estimate of drug-likeness (QED) is 0.234. The molecule has 8 nitrogen and oxygen atoms in total. The first kappa shape index (κ1) is 21.5. The number of para-hydroxylation sites is 2. The van der Waals surface area contributed by atoms with Gasteiger partial charge in [0.1, 0.15) is 17.3 Å². The molecule has 8 heteroatoms. The number of carbonyl (C=O) groups is 1. The minimum atomic E-state index is -0.470. The van der Waals surface area contributed by atoms with Crippen LogP contribution in [-0.4, -0.2) is 23.7 Å². The van der Waals surface area contributed by atoms with Gasteiger partial charge in [0.05, 0.1) is 16.7 Å². The molecule has 164 valence electrons. The first-order chi connectivity index (χ1) is 16.1. The first-order valence-corrected chi connectivity index (χ1v) is 10.0. The summed E-state index contributed by atoms with van der Waals surface area (Å²) in [5.41, 5.74) is 4.54. The summed E-state index contributed by atoms with van der Waals surface area (Å²) in [6, 6.07) is 26.7. The molecule has 33 heavy (non-hydrogen) atoms. The van der Waals surface area contributed by atoms with E-state index in [-0.39, 0.29) is 12.3 Å². The molecule has 0 saturated heterocycles. The summed E-state index contributed by atoms with van der Waals surface area (Å²) in [6.45, 7) is -0.221. The van der Waals surface area contributed by atoms with E-state index in [9.17, 15) is 14.9 Å². The number of nitro groups is 1. The van der Waals surface area contributed by atoms with Crippen molar-refractivity contribution < 1.29 is 18.9 Å². The van der Waals surface area contributed by atoms with Gasteiger partial charge in [-0.1, -0.05) is 60.7 Å². The van der Waals surface area contributed by atoms with Gasteiger partial charge < -0.3 is 9.15 Å². The number of carbonyl (C=O) groups excluding carboxylic acids is 1. The van der Waals surface area contributed by atoms with Crippen molar-refractivity contribution in [2.45, 2.75) is 0 Å². The van der Waals surface area contributed by atoms with Crippen molar-refractivity contribution in [3.63, 3.8) is 0 Å². The Balaban J connectivity index is 1.36. The SMILES string of the molecule is O=C(COc1ccccc1-c1ccccc1)N/N=C/c1ccc(-c2ccccc2[N+](=O)[O-])o1. The van der Waals surface area contributed by atoms with E-state index in [1.165, 1.54) is 12.3 Å². The molecule has 1 aromatic heterocycles. The Bertz CT molecular complexity index is 1300. The maximum atomic E-state index is 12.1. The predicted octanol–water partition coefficient (Wildman–Crippen LogP) is 5.05. The highest BCUT2D eigenvalue weighted by Gasteiger charge is 2.16. The Morgan fingerprint density at radius 1 is 0.939 bits per heavy atom. The average molecular weight is 441 g/mol. The minimum Gasteiger partial charge on any atom is -0.483 e. The number of hydrogen-bond acceptors (Lipinski definition) is 6. The van der Waals surface area contributed by atoms with Gasteiger partial charge in [0.15, 0.2) is 6.61 Å². The largest absolute Gasteiger partial charge is 0.483 e. The fraction of sp³-hybridized carbons (Fsp3) is 0.0400. The molecule has 3 aromatic carbocycles. The lowest BCUT2D eigenvalue weighted by Gasteiger charge is -2.10. The molecule has 0 bridgehead atoms. The summed E-state index contributed by atoms with van der Waals surface area (Å²) >= 11 is 0. The number of rotatable bonds is 8. The predicted molar refractivity (Wildman–Crippen MR) is 124 cm³/mol. The summed E-state index contributed by atoms with van der Waals surface area (Å²) in [5.74, 6) is 0.803. The van der Waals surface area contributed by atoms with E-state index in [1.54, 1.807) is 36.4 Å². The monoisotopic (exact) mass is 441 g/mol. The number of nitrogens with zero attached hydrogens (tertiary/aromatic N) is 2. The molecule has 0 aliphatic carbocycles. The van der Waals surface area contributed by atoms with Gasteiger partial charge in [-0.15, -0.1) is 0 Å². The highest BCUT2D eigenvalue weighted by Crippen LogP contribution is 2.31. The first-order valence-electron chi connectivity index (χ1n) is 10.0. The normalized spacial score (nSPS) is 10.8. The van der Waals surface area contributed by atoms with E-state index in [0.29, 0.717) is 22.8 Å². The molecule has 4 rings (SSSR count). The Kier molecular flexibility index (Phi) is 6.56. The molecule has 1 N–H and O–H groups in total. The zero-order chi connectivity index (χ0) is 23.0. The average Bonchev–Trinajstić information content (AvgIpc) is 3.32. The highest BCUT2D eigenvalue weighted by atomic mass is 16.6. The maximum absolute atomic E-state index is 12.1. The number of amides is 1. The van der Waals surface area contributed by atoms with Crippen molar-refractivity contribution in [2.75, 3.05) is 6.61 Å². The summed E-state index contributed by atoms with van der Waals surface area (Å²) in [6.07, 6.45) is 1.31. The Hall–Kier alpha value is -4.72. The lowest BCUT2D eigenvalue weighted by molar-refractivity contribution is -0.384. The lowest BCUT2D eigenvalue weighted by atomic mass is 10.1. The van der Waals surface area contributed by atoms with Crippen molar-refractivity contribution in [1.82, 2.24) is 5.43 Å². The molecular formula is C25H19N3O5. The van der Waals surface area contributed by atoms with Gasteiger partial charge in [-0.05, 0) is 29.8 Å². The Morgan fingerprint density at radius 2 is 1.64 bits per heavy atom. The van der Waals surface area contributed by atoms with Gasteiger partial charge in [-0.2, -0.15) is 5.10 Å². The number of hydrogen-bond donors (Lipinski definition) is 1. The molecule has 1 heterocycles. The second-order valence-electron chi connectivity index (χ2n) is 6.92. The third-order valence-electron chi connectivity index (χ3n) is 4.70. The maximum Gasteiger partial charge on any atom is 0.280 e. The standard InChI is InChI=1S/C25H19N3O5/c29-25(17-32-23-13-7-5-10-20(23)18-8-2-1-3-9-18)27-26-16-19-14-15-24(33-19)21-11-4-6-12-22(21)28(30)31/h1-16H,17H2,(H,27,29)/b26-16+. The third-order valence-corrected chi connectivity index (χ3v) is 4.70. The lowest BCUT2D eigenvalue weighted by Crippen LogP contribution is -2.24. The third kappa shape index (κ3) is 5.31. The summed E-state index contributed by atoms with van der Waals surface area (Å²) < 4.78 is 11.3. The number of hydrazone groups is 1. The van der Waals surface area contributed by atoms with Crippen LogP contribution < -0.4 is 10.2 Å². The number of nitrogens with one attached hydrogen (secondary N) is 1. The summed E-state index contributed by atoms with van der Waals surface area (Å²) in [4.78, 5) is 22.9. The smallest absolute Gasteiger partial charge is 0.280 e. The van der Waals surface area contributed by atoms with Crippen molar-refractivity contribution in [1.29, 1.82) is 0 Å². The Labute approximate surface area is 189 Å². The second kappa shape index (κ2) is 10.1. The van der Waals surface area contributed by atoms with E-state index in [1.807, 2.05) is 48.5 Å². The van der Waals surface area contributed by atoms with Gasteiger partial charge in [0.2, 0.25) is 0 Å². The fourth-order valence-electron chi connectivity index (χ4n) is 3.20. The van der Waals surface area contributed by atoms with E-state index in [4.69, 9.17) is 9.15 Å². The van der Waals surface area contributed by atoms with Crippen LogP contribution in [0.3, 0.4) is 0 Å². The van der Waals surface area contributed by atoms with Gasteiger partial charge in [-0.25, -0.2) is 5.43 Å². The molecule has 0 radical (unpaired) electrons. The van der Waals surface area contributed by atoms with Crippen LogP contribution in [-0.2, 0) is 4.79 Å². The zero-order valence-electron chi connectivity index (χ0n) is 17.4. The number of furan rings is 1. The van der Waals surface area contributed by atoms with Crippen LogP contribution in [0.5, 0.6) is 5.75 Å². The highest BCUT2D eigenvalue weighted by molar-refractivity contribution is 5.82. The van der Waals surface area contributed by atoms with E-state index >= 15 is 0 Å². The molecule has 0 saturated carbocycles. The van der Waals surface area contributed by atoms with Crippen LogP contribution in [0.2, 0.25) is 0 Å². The van der Waals surface area contributed by atoms with Crippen molar-refractivity contribution in [2.24, 2.45) is 5.10 Å². The molecule has 0 fully saturated rings. The number of benzene rings is 3. The summed E-state index contributed by atoms with van der Waals surface area (Å²) in [7, 11) is 0. The molecule has 4 aromatic rings. The van der Waals surface area contributed by atoms with Gasteiger partial charge in [-0.3, -0.25) is 14.9 Å². The fourth-order valence-corrected chi connectivity index (χ4v) is 3.20. The molecule has 0 aliphatic rings. The van der Waals surface area contributed by atoms with E-state index in [0.717, 1.165) is 11.1 Å². The second-order valence-corrected chi connectivity index (χ2v) is 6.92. The van der Waals surface area contributed by atoms with Crippen molar-refractivity contribution in [3.8, 4) is 28.2 Å². The molecule has 1 amide bonds. The van der Waals surface area contributed by atoms with Crippen LogP contribution in [0, 0.1) is 10.1 Å². The Morgan fingerprint density at radius 3 is 2.42 bits per heavy atom. The number of ether oxygens (including phenoxy) is 1. The molecule has 0 aliphatic heterocycles. The van der Waals surface area contributed by atoms with Crippen LogP contribution in [0.15, 0.2) is 101 Å². The number of nitro benzene ring substituents is 1. The van der Waals surface area contributed by atoms with Crippen LogP contribution >= 0.6 is 0 Å². The van der Waals surface area contributed by atoms with Crippen LogP contribution in [0.25, 0.3) is 22.5 Å². The van der Waals surface area contributed by atoms with Gasteiger partial charge in [0, 0.05) is 11.6 Å². The van der Waals surface area contributed by atoms with Crippen LogP contribution in [0.1, 0.15) is 5.76 Å². The minimum absolute atomic E-state index is 0.0587. The van der Waals surface area contributed by atoms with Gasteiger partial charge >= 0.3 is 0 Å². The van der Waals surface area contributed by atoms with Crippen LogP contribution in [0.4, 0.5) is 5.69 Å². The van der Waals surface area contributed by atoms with Gasteiger partial charge in [0.25, 0.3) is 11.6 Å². The summed E-state index contributed by atoms with van der Waals surface area (Å²) in [5, 5.41) is 15.1. The van der Waals surface area contributed by atoms with Crippen molar-refractivity contribution in [3.05, 3.63) is 107 Å². The molecular weight excluding hydrogens is 422 g/mol. The topological polar surface area (TPSA) is 107 Å². The zero-order valence-corrected chi connectivity index (χ0v) is 17.4. The molecule has 0 spiro atoms. The van der Waals surface area contributed by atoms with E-state index < -0.39 is 10.8 Å². The van der Waals surface area contributed by atoms with Crippen molar-refractivity contribution >= 4 is 17.8 Å².